The van der Waals surface area contributed by atoms with Crippen molar-refractivity contribution >= 4 is 17.7 Å². The first kappa shape index (κ1) is 21.9. The number of benzene rings is 2. The number of amides is 1. The van der Waals surface area contributed by atoms with Crippen molar-refractivity contribution in [2.24, 2.45) is 0 Å². The molecule has 0 unspecified atom stereocenters. The first-order valence-corrected chi connectivity index (χ1v) is 12.0. The highest BCUT2D eigenvalue weighted by Crippen LogP contribution is 2.11. The van der Waals surface area contributed by atoms with Gasteiger partial charge in [-0.3, -0.25) is 9.69 Å². The third-order valence-electron chi connectivity index (χ3n) is 5.43. The molecule has 1 heterocycles. The summed E-state index contributed by atoms with van der Waals surface area (Å²) in [5.74, 6) is 1.03. The van der Waals surface area contributed by atoms with Crippen LogP contribution in [-0.2, 0) is 12.3 Å². The van der Waals surface area contributed by atoms with Gasteiger partial charge in [-0.25, -0.2) is 0 Å². The molecule has 3 rings (SSSR count). The standard InChI is InChI=1S/C24H33N3OS/c1-29-20-22-9-11-23(12-10-22)24(28)25-13-5-6-14-26-15-17-27(18-16-26)19-21-7-3-2-4-8-21/h2-4,7-12H,5-6,13-20H2,1H3,(H,25,28). The van der Waals surface area contributed by atoms with Gasteiger partial charge in [-0.05, 0) is 48.9 Å². The summed E-state index contributed by atoms with van der Waals surface area (Å²) in [7, 11) is 0. The van der Waals surface area contributed by atoms with E-state index >= 15 is 0 Å². The molecule has 0 spiro atoms. The lowest BCUT2D eigenvalue weighted by atomic mass is 10.1. The third-order valence-corrected chi connectivity index (χ3v) is 6.05. The number of hydrogen-bond acceptors (Lipinski definition) is 4. The second-order valence-corrected chi connectivity index (χ2v) is 8.56. The lowest BCUT2D eigenvalue weighted by Crippen LogP contribution is -2.46. The highest BCUT2D eigenvalue weighted by atomic mass is 32.2. The van der Waals surface area contributed by atoms with Crippen LogP contribution in [0.15, 0.2) is 54.6 Å². The van der Waals surface area contributed by atoms with Crippen molar-refractivity contribution in [1.29, 1.82) is 0 Å². The molecule has 2 aromatic rings. The minimum absolute atomic E-state index is 0.0372. The molecule has 0 aromatic heterocycles. The molecule has 0 aliphatic carbocycles. The van der Waals surface area contributed by atoms with Crippen LogP contribution in [0.2, 0.25) is 0 Å². The Labute approximate surface area is 179 Å². The van der Waals surface area contributed by atoms with Crippen molar-refractivity contribution in [3.63, 3.8) is 0 Å². The zero-order valence-corrected chi connectivity index (χ0v) is 18.3. The van der Waals surface area contributed by atoms with Crippen LogP contribution in [0.25, 0.3) is 0 Å². The van der Waals surface area contributed by atoms with Crippen LogP contribution in [0, 0.1) is 0 Å². The predicted molar refractivity (Wildman–Crippen MR) is 123 cm³/mol. The van der Waals surface area contributed by atoms with Crippen molar-refractivity contribution in [2.45, 2.75) is 25.1 Å². The second kappa shape index (κ2) is 12.0. The van der Waals surface area contributed by atoms with Crippen LogP contribution in [0.1, 0.15) is 34.3 Å². The largest absolute Gasteiger partial charge is 0.352 e. The van der Waals surface area contributed by atoms with Crippen LogP contribution in [-0.4, -0.2) is 61.2 Å². The van der Waals surface area contributed by atoms with Gasteiger partial charge in [0.25, 0.3) is 5.91 Å². The van der Waals surface area contributed by atoms with E-state index in [1.807, 2.05) is 24.3 Å². The predicted octanol–water partition coefficient (Wildman–Crippen LogP) is 3.88. The Hall–Kier alpha value is -1.82. The minimum Gasteiger partial charge on any atom is -0.352 e. The van der Waals surface area contributed by atoms with Crippen LogP contribution in [0.4, 0.5) is 0 Å². The molecular weight excluding hydrogens is 378 g/mol. The Morgan fingerprint density at radius 2 is 1.59 bits per heavy atom. The molecule has 0 bridgehead atoms. The minimum atomic E-state index is 0.0372. The molecule has 1 aliphatic heterocycles. The van der Waals surface area contributed by atoms with E-state index in [2.05, 4.69) is 51.7 Å². The monoisotopic (exact) mass is 411 g/mol. The zero-order chi connectivity index (χ0) is 20.3. The number of unbranched alkanes of at least 4 members (excludes halogenated alkanes) is 1. The van der Waals surface area contributed by atoms with Gasteiger partial charge in [-0.1, -0.05) is 42.5 Å². The van der Waals surface area contributed by atoms with E-state index in [1.165, 1.54) is 11.1 Å². The van der Waals surface area contributed by atoms with Crippen molar-refractivity contribution in [2.75, 3.05) is 45.5 Å². The van der Waals surface area contributed by atoms with Gasteiger partial charge in [0, 0.05) is 50.6 Å². The average molecular weight is 412 g/mol. The maximum Gasteiger partial charge on any atom is 0.251 e. The molecule has 2 aromatic carbocycles. The Bertz CT molecular complexity index is 728. The number of nitrogens with zero attached hydrogens (tertiary/aromatic N) is 2. The summed E-state index contributed by atoms with van der Waals surface area (Å²) in [6.45, 7) is 7.48. The van der Waals surface area contributed by atoms with Crippen molar-refractivity contribution < 1.29 is 4.79 Å². The lowest BCUT2D eigenvalue weighted by molar-refractivity contribution is 0.0951. The smallest absolute Gasteiger partial charge is 0.251 e. The molecule has 29 heavy (non-hydrogen) atoms. The van der Waals surface area contributed by atoms with Gasteiger partial charge in [0.15, 0.2) is 0 Å². The third kappa shape index (κ3) is 7.50. The number of carbonyl (C=O) groups excluding carboxylic acids is 1. The van der Waals surface area contributed by atoms with Gasteiger partial charge in [-0.2, -0.15) is 11.8 Å². The van der Waals surface area contributed by atoms with E-state index in [0.29, 0.717) is 0 Å². The van der Waals surface area contributed by atoms with Gasteiger partial charge < -0.3 is 10.2 Å². The number of nitrogens with one attached hydrogen (secondary N) is 1. The van der Waals surface area contributed by atoms with Crippen LogP contribution in [0.5, 0.6) is 0 Å². The van der Waals surface area contributed by atoms with Crippen LogP contribution in [0.3, 0.4) is 0 Å². The summed E-state index contributed by atoms with van der Waals surface area (Å²) >= 11 is 1.79. The Morgan fingerprint density at radius 3 is 2.28 bits per heavy atom. The molecule has 5 heteroatoms. The van der Waals surface area contributed by atoms with E-state index in [0.717, 1.165) is 70.0 Å². The van der Waals surface area contributed by atoms with Crippen molar-refractivity contribution in [3.8, 4) is 0 Å². The summed E-state index contributed by atoms with van der Waals surface area (Å²) in [6, 6.07) is 18.7. The summed E-state index contributed by atoms with van der Waals surface area (Å²) in [5.41, 5.74) is 3.41. The van der Waals surface area contributed by atoms with Crippen LogP contribution >= 0.6 is 11.8 Å². The van der Waals surface area contributed by atoms with Gasteiger partial charge in [0.05, 0.1) is 0 Å². The molecule has 1 fully saturated rings. The molecule has 4 nitrogen and oxygen atoms in total. The van der Waals surface area contributed by atoms with Crippen LogP contribution < -0.4 is 5.32 Å². The van der Waals surface area contributed by atoms with Gasteiger partial charge in [0.1, 0.15) is 0 Å². The normalized spacial score (nSPS) is 15.3. The highest BCUT2D eigenvalue weighted by Gasteiger charge is 2.16. The van der Waals surface area contributed by atoms with Crippen molar-refractivity contribution in [3.05, 3.63) is 71.3 Å². The fourth-order valence-electron chi connectivity index (χ4n) is 3.70. The van der Waals surface area contributed by atoms with Crippen molar-refractivity contribution in [1.82, 2.24) is 15.1 Å². The highest BCUT2D eigenvalue weighted by molar-refractivity contribution is 7.97. The summed E-state index contributed by atoms with van der Waals surface area (Å²) < 4.78 is 0. The average Bonchev–Trinajstić information content (AvgIpc) is 2.76. The maximum atomic E-state index is 12.2. The van der Waals surface area contributed by atoms with E-state index in [-0.39, 0.29) is 5.91 Å². The molecule has 1 saturated heterocycles. The first-order valence-electron chi connectivity index (χ1n) is 10.6. The lowest BCUT2D eigenvalue weighted by Gasteiger charge is -2.34. The molecule has 0 atom stereocenters. The maximum absolute atomic E-state index is 12.2. The number of rotatable bonds is 10. The number of thioether (sulfide) groups is 1. The van der Waals surface area contributed by atoms with Gasteiger partial charge >= 0.3 is 0 Å². The molecule has 0 saturated carbocycles. The second-order valence-electron chi connectivity index (χ2n) is 7.70. The Kier molecular flexibility index (Phi) is 9.06. The van der Waals surface area contributed by atoms with E-state index in [1.54, 1.807) is 11.8 Å². The number of piperazine rings is 1. The number of hydrogen-bond donors (Lipinski definition) is 1. The van der Waals surface area contributed by atoms with E-state index in [4.69, 9.17) is 0 Å². The fourth-order valence-corrected chi connectivity index (χ4v) is 4.22. The number of carbonyl (C=O) groups is 1. The van der Waals surface area contributed by atoms with E-state index in [9.17, 15) is 4.79 Å². The molecule has 1 N–H and O–H groups in total. The SMILES string of the molecule is CSCc1ccc(C(=O)NCCCCN2CCN(Cc3ccccc3)CC2)cc1. The molecule has 1 amide bonds. The summed E-state index contributed by atoms with van der Waals surface area (Å²) in [5, 5.41) is 3.05. The first-order chi connectivity index (χ1) is 14.2. The van der Waals surface area contributed by atoms with Gasteiger partial charge in [-0.15, -0.1) is 0 Å². The molecule has 1 aliphatic rings. The summed E-state index contributed by atoms with van der Waals surface area (Å²) in [4.78, 5) is 17.3. The Balaban J connectivity index is 1.26. The fraction of sp³-hybridized carbons (Fsp3) is 0.458. The summed E-state index contributed by atoms with van der Waals surface area (Å²) in [6.07, 6.45) is 4.25. The topological polar surface area (TPSA) is 35.6 Å². The quantitative estimate of drug-likeness (QED) is 0.602. The zero-order valence-electron chi connectivity index (χ0n) is 17.5. The molecule has 156 valence electrons. The molecule has 0 radical (unpaired) electrons. The van der Waals surface area contributed by atoms with E-state index < -0.39 is 0 Å². The molecular formula is C24H33N3OS. The Morgan fingerprint density at radius 1 is 0.897 bits per heavy atom. The van der Waals surface area contributed by atoms with Gasteiger partial charge in [0.2, 0.25) is 0 Å².